The van der Waals surface area contributed by atoms with Gasteiger partial charge < -0.3 is 10.1 Å². The molecule has 0 aliphatic carbocycles. The number of anilines is 1. The van der Waals surface area contributed by atoms with Gasteiger partial charge in [-0.15, -0.1) is 0 Å². The molecule has 0 bridgehead atoms. The van der Waals surface area contributed by atoms with E-state index in [0.29, 0.717) is 5.82 Å². The minimum absolute atomic E-state index is 0.0623. The highest BCUT2D eigenvalue weighted by Gasteiger charge is 2.16. The number of ether oxygens (including phenoxy) is 1. The van der Waals surface area contributed by atoms with E-state index in [-0.39, 0.29) is 24.5 Å². The fourth-order valence-corrected chi connectivity index (χ4v) is 1.82. The molecule has 2 aromatic rings. The second-order valence-corrected chi connectivity index (χ2v) is 6.04. The summed E-state index contributed by atoms with van der Waals surface area (Å²) >= 11 is 0. The van der Waals surface area contributed by atoms with Gasteiger partial charge in [0.1, 0.15) is 25.3 Å². The SMILES string of the molecule is CC(C)(C)c1cc(NCC(=O)OCc2ccccc2)ncn1. The molecule has 0 radical (unpaired) electrons. The number of carbonyl (C=O) groups is 1. The third-order valence-corrected chi connectivity index (χ3v) is 3.09. The summed E-state index contributed by atoms with van der Waals surface area (Å²) in [5.41, 5.74) is 1.82. The molecule has 1 aromatic heterocycles. The number of hydrogen-bond donors (Lipinski definition) is 1. The lowest BCUT2D eigenvalue weighted by Gasteiger charge is -2.17. The Bertz CT molecular complexity index is 621. The fourth-order valence-electron chi connectivity index (χ4n) is 1.82. The lowest BCUT2D eigenvalue weighted by molar-refractivity contribution is -0.142. The largest absolute Gasteiger partial charge is 0.460 e. The van der Waals surface area contributed by atoms with Gasteiger partial charge in [0.15, 0.2) is 0 Å². The summed E-state index contributed by atoms with van der Waals surface area (Å²) in [4.78, 5) is 20.1. The molecule has 0 aliphatic rings. The van der Waals surface area contributed by atoms with E-state index in [1.807, 2.05) is 36.4 Å². The summed E-state index contributed by atoms with van der Waals surface area (Å²) in [6.45, 7) is 6.58. The highest BCUT2D eigenvalue weighted by molar-refractivity contribution is 5.74. The first-order valence-electron chi connectivity index (χ1n) is 7.21. The standard InChI is InChI=1S/C17H21N3O2/c1-17(2,3)14-9-15(20-12-19-14)18-10-16(21)22-11-13-7-5-4-6-8-13/h4-9,12H,10-11H2,1-3H3,(H,18,19,20). The zero-order chi connectivity index (χ0) is 16.0. The monoisotopic (exact) mass is 299 g/mol. The van der Waals surface area contributed by atoms with Crippen molar-refractivity contribution in [2.24, 2.45) is 0 Å². The van der Waals surface area contributed by atoms with Crippen LogP contribution < -0.4 is 5.32 Å². The van der Waals surface area contributed by atoms with E-state index in [2.05, 4.69) is 36.1 Å². The van der Waals surface area contributed by atoms with Crippen LogP contribution in [0.5, 0.6) is 0 Å². The molecule has 2 rings (SSSR count). The molecular formula is C17H21N3O2. The van der Waals surface area contributed by atoms with Crippen LogP contribution in [0.3, 0.4) is 0 Å². The molecule has 5 nitrogen and oxygen atoms in total. The van der Waals surface area contributed by atoms with Crippen LogP contribution in [-0.2, 0) is 21.6 Å². The van der Waals surface area contributed by atoms with Gasteiger partial charge in [0.25, 0.3) is 0 Å². The van der Waals surface area contributed by atoms with Gasteiger partial charge in [0, 0.05) is 11.5 Å². The Morgan fingerprint density at radius 1 is 1.18 bits per heavy atom. The summed E-state index contributed by atoms with van der Waals surface area (Å²) < 4.78 is 5.20. The molecule has 1 heterocycles. The molecular weight excluding hydrogens is 278 g/mol. The highest BCUT2D eigenvalue weighted by Crippen LogP contribution is 2.20. The highest BCUT2D eigenvalue weighted by atomic mass is 16.5. The molecule has 5 heteroatoms. The van der Waals surface area contributed by atoms with Gasteiger partial charge in [-0.3, -0.25) is 4.79 Å². The molecule has 0 unspecified atom stereocenters. The van der Waals surface area contributed by atoms with Crippen LogP contribution in [0.25, 0.3) is 0 Å². The lowest BCUT2D eigenvalue weighted by Crippen LogP contribution is -2.19. The van der Waals surface area contributed by atoms with Crippen molar-refractivity contribution < 1.29 is 9.53 Å². The molecule has 0 saturated carbocycles. The van der Waals surface area contributed by atoms with Gasteiger partial charge in [0.05, 0.1) is 5.69 Å². The predicted molar refractivity (Wildman–Crippen MR) is 85.5 cm³/mol. The summed E-state index contributed by atoms with van der Waals surface area (Å²) in [5.74, 6) is 0.302. The first-order valence-corrected chi connectivity index (χ1v) is 7.21. The normalized spacial score (nSPS) is 11.0. The number of nitrogens with one attached hydrogen (secondary N) is 1. The molecule has 22 heavy (non-hydrogen) atoms. The Balaban J connectivity index is 1.84. The van der Waals surface area contributed by atoms with E-state index in [9.17, 15) is 4.79 Å². The van der Waals surface area contributed by atoms with E-state index in [1.165, 1.54) is 6.33 Å². The number of hydrogen-bond acceptors (Lipinski definition) is 5. The van der Waals surface area contributed by atoms with E-state index < -0.39 is 0 Å². The van der Waals surface area contributed by atoms with Crippen molar-refractivity contribution in [2.75, 3.05) is 11.9 Å². The average molecular weight is 299 g/mol. The van der Waals surface area contributed by atoms with Gasteiger partial charge >= 0.3 is 5.97 Å². The molecule has 116 valence electrons. The number of aromatic nitrogens is 2. The Labute approximate surface area is 130 Å². The van der Waals surface area contributed by atoms with Gasteiger partial charge in [-0.05, 0) is 5.56 Å². The van der Waals surface area contributed by atoms with Crippen molar-refractivity contribution in [3.05, 3.63) is 54.0 Å². The quantitative estimate of drug-likeness (QED) is 0.860. The molecule has 1 aromatic carbocycles. The minimum Gasteiger partial charge on any atom is -0.460 e. The van der Waals surface area contributed by atoms with Crippen LogP contribution in [0.15, 0.2) is 42.7 Å². The molecule has 1 N–H and O–H groups in total. The molecule has 0 atom stereocenters. The van der Waals surface area contributed by atoms with Crippen molar-refractivity contribution in [2.45, 2.75) is 32.8 Å². The summed E-state index contributed by atoms with van der Waals surface area (Å²) in [6, 6.07) is 11.4. The maximum absolute atomic E-state index is 11.7. The van der Waals surface area contributed by atoms with Gasteiger partial charge in [0.2, 0.25) is 0 Å². The zero-order valence-electron chi connectivity index (χ0n) is 13.2. The van der Waals surface area contributed by atoms with E-state index >= 15 is 0 Å². The van der Waals surface area contributed by atoms with E-state index in [0.717, 1.165) is 11.3 Å². The zero-order valence-corrected chi connectivity index (χ0v) is 13.2. The first-order chi connectivity index (χ1) is 10.4. The summed E-state index contributed by atoms with van der Waals surface area (Å²) in [7, 11) is 0. The van der Waals surface area contributed by atoms with Crippen LogP contribution in [0.2, 0.25) is 0 Å². The van der Waals surface area contributed by atoms with Gasteiger partial charge in [-0.1, -0.05) is 51.1 Å². The van der Waals surface area contributed by atoms with Crippen LogP contribution in [-0.4, -0.2) is 22.5 Å². The predicted octanol–water partition coefficient (Wildman–Crippen LogP) is 2.93. The minimum atomic E-state index is -0.320. The topological polar surface area (TPSA) is 64.1 Å². The Hall–Kier alpha value is -2.43. The van der Waals surface area contributed by atoms with Crippen molar-refractivity contribution >= 4 is 11.8 Å². The molecule has 0 saturated heterocycles. The van der Waals surface area contributed by atoms with Crippen molar-refractivity contribution in [3.63, 3.8) is 0 Å². The lowest BCUT2D eigenvalue weighted by atomic mass is 9.92. The third-order valence-electron chi connectivity index (χ3n) is 3.09. The van der Waals surface area contributed by atoms with Gasteiger partial charge in [-0.25, -0.2) is 9.97 Å². The Morgan fingerprint density at radius 3 is 2.59 bits per heavy atom. The maximum Gasteiger partial charge on any atom is 0.325 e. The smallest absolute Gasteiger partial charge is 0.325 e. The average Bonchev–Trinajstić information content (AvgIpc) is 2.51. The third kappa shape index (κ3) is 4.84. The Morgan fingerprint density at radius 2 is 1.91 bits per heavy atom. The summed E-state index contributed by atoms with van der Waals surface area (Å²) in [6.07, 6.45) is 1.50. The van der Waals surface area contributed by atoms with Crippen LogP contribution in [0.1, 0.15) is 32.0 Å². The number of carbonyl (C=O) groups excluding carboxylic acids is 1. The van der Waals surface area contributed by atoms with Crippen molar-refractivity contribution in [1.82, 2.24) is 9.97 Å². The second kappa shape index (κ2) is 7.02. The van der Waals surface area contributed by atoms with Crippen molar-refractivity contribution in [3.8, 4) is 0 Å². The fraction of sp³-hybridized carbons (Fsp3) is 0.353. The van der Waals surface area contributed by atoms with E-state index in [4.69, 9.17) is 4.74 Å². The van der Waals surface area contributed by atoms with E-state index in [1.54, 1.807) is 0 Å². The summed E-state index contributed by atoms with van der Waals surface area (Å²) in [5, 5.41) is 2.97. The molecule has 0 aliphatic heterocycles. The van der Waals surface area contributed by atoms with Crippen LogP contribution >= 0.6 is 0 Å². The number of rotatable bonds is 5. The number of nitrogens with zero attached hydrogens (tertiary/aromatic N) is 2. The molecule has 0 spiro atoms. The number of benzene rings is 1. The molecule has 0 amide bonds. The van der Waals surface area contributed by atoms with Crippen LogP contribution in [0.4, 0.5) is 5.82 Å². The Kier molecular flexibility index (Phi) is 5.09. The van der Waals surface area contributed by atoms with Crippen molar-refractivity contribution in [1.29, 1.82) is 0 Å². The van der Waals surface area contributed by atoms with Crippen LogP contribution in [0, 0.1) is 0 Å². The number of esters is 1. The maximum atomic E-state index is 11.7. The second-order valence-electron chi connectivity index (χ2n) is 6.04. The molecule has 0 fully saturated rings. The first kappa shape index (κ1) is 15.9. The van der Waals surface area contributed by atoms with Gasteiger partial charge in [-0.2, -0.15) is 0 Å².